The Kier molecular flexibility index (Phi) is 4.74. The molecule has 2 rings (SSSR count). The maximum Gasteiger partial charge on any atom is 0.225 e. The summed E-state index contributed by atoms with van der Waals surface area (Å²) in [4.78, 5) is 4.24. The molecule has 0 aliphatic carbocycles. The Bertz CT molecular complexity index is 566. The Morgan fingerprint density at radius 2 is 1.80 bits per heavy atom. The van der Waals surface area contributed by atoms with Gasteiger partial charge in [0.1, 0.15) is 5.75 Å². The molecule has 2 aromatic rings. The second-order valence-electron chi connectivity index (χ2n) is 5.02. The molecule has 0 amide bonds. The van der Waals surface area contributed by atoms with Crippen molar-refractivity contribution in [3.63, 3.8) is 0 Å². The quantitative estimate of drug-likeness (QED) is 0.874. The largest absolute Gasteiger partial charge is 0.438 e. The zero-order valence-corrected chi connectivity index (χ0v) is 12.2. The van der Waals surface area contributed by atoms with Crippen LogP contribution in [0.5, 0.6) is 11.6 Å². The van der Waals surface area contributed by atoms with E-state index in [0.717, 1.165) is 17.7 Å². The second kappa shape index (κ2) is 6.53. The summed E-state index contributed by atoms with van der Waals surface area (Å²) >= 11 is 0. The lowest BCUT2D eigenvalue weighted by molar-refractivity contribution is 0.194. The Morgan fingerprint density at radius 3 is 2.50 bits per heavy atom. The number of rotatable bonds is 5. The molecule has 2 atom stereocenters. The second-order valence-corrected chi connectivity index (χ2v) is 5.02. The lowest BCUT2D eigenvalue weighted by atomic mass is 9.98. The average Bonchev–Trinajstić information content (AvgIpc) is 2.47. The number of benzene rings is 1. The minimum atomic E-state index is -0.602. The van der Waals surface area contributed by atoms with E-state index in [1.165, 1.54) is 0 Å². The van der Waals surface area contributed by atoms with Crippen LogP contribution in [0.15, 0.2) is 42.6 Å². The van der Waals surface area contributed by atoms with Gasteiger partial charge in [-0.1, -0.05) is 32.0 Å². The molecule has 0 saturated carbocycles. The third-order valence-electron chi connectivity index (χ3n) is 3.52. The van der Waals surface area contributed by atoms with Gasteiger partial charge in [-0.15, -0.1) is 0 Å². The molecule has 3 heteroatoms. The van der Waals surface area contributed by atoms with Crippen molar-refractivity contribution in [3.05, 3.63) is 53.7 Å². The first-order chi connectivity index (χ1) is 9.63. The molecule has 1 aromatic carbocycles. The predicted octanol–water partition coefficient (Wildman–Crippen LogP) is 4.44. The fraction of sp³-hybridized carbons (Fsp3) is 0.353. The average molecular weight is 271 g/mol. The monoisotopic (exact) mass is 271 g/mol. The van der Waals surface area contributed by atoms with Crippen molar-refractivity contribution in [2.24, 2.45) is 0 Å². The van der Waals surface area contributed by atoms with Gasteiger partial charge in [-0.2, -0.15) is 0 Å². The van der Waals surface area contributed by atoms with E-state index >= 15 is 0 Å². The van der Waals surface area contributed by atoms with Crippen molar-refractivity contribution in [2.75, 3.05) is 0 Å². The van der Waals surface area contributed by atoms with E-state index in [0.29, 0.717) is 17.4 Å². The van der Waals surface area contributed by atoms with Crippen molar-refractivity contribution in [1.82, 2.24) is 4.98 Å². The molecular weight excluding hydrogens is 250 g/mol. The lowest BCUT2D eigenvalue weighted by Crippen LogP contribution is -2.01. The van der Waals surface area contributed by atoms with Crippen LogP contribution in [0, 0.1) is 0 Å². The minimum Gasteiger partial charge on any atom is -0.438 e. The summed E-state index contributed by atoms with van der Waals surface area (Å²) in [7, 11) is 0. The van der Waals surface area contributed by atoms with Crippen LogP contribution in [0.1, 0.15) is 50.3 Å². The number of aromatic nitrogens is 1. The Labute approximate surface area is 120 Å². The van der Waals surface area contributed by atoms with Gasteiger partial charge in [0.2, 0.25) is 5.88 Å². The number of aliphatic hydroxyl groups is 1. The third-order valence-corrected chi connectivity index (χ3v) is 3.52. The highest BCUT2D eigenvalue weighted by Gasteiger charge is 2.14. The van der Waals surface area contributed by atoms with Crippen LogP contribution in [0.25, 0.3) is 0 Å². The smallest absolute Gasteiger partial charge is 0.225 e. The van der Waals surface area contributed by atoms with Gasteiger partial charge in [0.15, 0.2) is 0 Å². The third kappa shape index (κ3) is 3.17. The summed E-state index contributed by atoms with van der Waals surface area (Å²) in [6, 6.07) is 11.6. The molecule has 0 aliphatic rings. The van der Waals surface area contributed by atoms with Crippen LogP contribution in [0.4, 0.5) is 0 Å². The summed E-state index contributed by atoms with van der Waals surface area (Å²) in [6.45, 7) is 6.05. The Hall–Kier alpha value is -1.87. The highest BCUT2D eigenvalue weighted by Crippen LogP contribution is 2.33. The highest BCUT2D eigenvalue weighted by atomic mass is 16.5. The summed E-state index contributed by atoms with van der Waals surface area (Å²) in [6.07, 6.45) is 2.12. The molecule has 0 saturated heterocycles. The molecule has 3 nitrogen and oxygen atoms in total. The van der Waals surface area contributed by atoms with Crippen LogP contribution < -0.4 is 4.74 Å². The van der Waals surface area contributed by atoms with Gasteiger partial charge in [-0.3, -0.25) is 0 Å². The topological polar surface area (TPSA) is 42.4 Å². The van der Waals surface area contributed by atoms with Crippen molar-refractivity contribution < 1.29 is 9.84 Å². The molecule has 1 N–H and O–H groups in total. The molecule has 106 valence electrons. The van der Waals surface area contributed by atoms with Crippen LogP contribution in [0.2, 0.25) is 0 Å². The van der Waals surface area contributed by atoms with Crippen molar-refractivity contribution in [3.8, 4) is 11.6 Å². The molecule has 1 aromatic heterocycles. The first kappa shape index (κ1) is 14.5. The number of hydrogen-bond donors (Lipinski definition) is 1. The summed E-state index contributed by atoms with van der Waals surface area (Å²) in [5.41, 5.74) is 1.86. The molecule has 20 heavy (non-hydrogen) atoms. The van der Waals surface area contributed by atoms with Crippen molar-refractivity contribution >= 4 is 0 Å². The van der Waals surface area contributed by atoms with Crippen LogP contribution in [-0.2, 0) is 0 Å². The molecular formula is C17H21NO2. The van der Waals surface area contributed by atoms with E-state index in [2.05, 4.69) is 24.9 Å². The van der Waals surface area contributed by atoms with Gasteiger partial charge in [-0.25, -0.2) is 4.98 Å². The standard InChI is InChI=1S/C17H21NO2/c1-4-12(2)14-8-5-6-10-16(14)20-17-15(13(3)19)9-7-11-18-17/h5-13,19H,4H2,1-3H3/t12?,13-/m0/s1. The highest BCUT2D eigenvalue weighted by molar-refractivity contribution is 5.40. The molecule has 0 bridgehead atoms. The number of pyridine rings is 1. The zero-order valence-electron chi connectivity index (χ0n) is 12.2. The first-order valence-electron chi connectivity index (χ1n) is 7.03. The van der Waals surface area contributed by atoms with E-state index in [-0.39, 0.29) is 0 Å². The van der Waals surface area contributed by atoms with Gasteiger partial charge >= 0.3 is 0 Å². The van der Waals surface area contributed by atoms with Crippen LogP contribution in [0.3, 0.4) is 0 Å². The number of para-hydroxylation sites is 1. The minimum absolute atomic E-state index is 0.421. The van der Waals surface area contributed by atoms with E-state index in [1.807, 2.05) is 24.3 Å². The normalized spacial score (nSPS) is 13.8. The SMILES string of the molecule is CCC(C)c1ccccc1Oc1ncccc1[C@H](C)O. The van der Waals surface area contributed by atoms with E-state index in [1.54, 1.807) is 19.2 Å². The zero-order chi connectivity index (χ0) is 14.5. The number of hydrogen-bond acceptors (Lipinski definition) is 3. The van der Waals surface area contributed by atoms with Gasteiger partial charge in [0, 0.05) is 11.8 Å². The number of nitrogens with zero attached hydrogens (tertiary/aromatic N) is 1. The van der Waals surface area contributed by atoms with Crippen LogP contribution in [-0.4, -0.2) is 10.1 Å². The molecule has 0 radical (unpaired) electrons. The molecule has 1 heterocycles. The van der Waals surface area contributed by atoms with Gasteiger partial charge in [0.05, 0.1) is 6.10 Å². The van der Waals surface area contributed by atoms with Crippen LogP contribution >= 0.6 is 0 Å². The summed E-state index contributed by atoms with van der Waals surface area (Å²) in [5.74, 6) is 1.70. The molecule has 0 aliphatic heterocycles. The van der Waals surface area contributed by atoms with Gasteiger partial charge in [0.25, 0.3) is 0 Å². The fourth-order valence-corrected chi connectivity index (χ4v) is 2.11. The summed E-state index contributed by atoms with van der Waals surface area (Å²) in [5, 5.41) is 9.79. The van der Waals surface area contributed by atoms with E-state index in [4.69, 9.17) is 4.74 Å². The number of ether oxygens (including phenoxy) is 1. The molecule has 0 fully saturated rings. The van der Waals surface area contributed by atoms with Crippen molar-refractivity contribution in [1.29, 1.82) is 0 Å². The van der Waals surface area contributed by atoms with E-state index in [9.17, 15) is 5.11 Å². The Balaban J connectivity index is 2.36. The summed E-state index contributed by atoms with van der Waals surface area (Å²) < 4.78 is 5.95. The van der Waals surface area contributed by atoms with Gasteiger partial charge in [-0.05, 0) is 43.0 Å². The molecule has 1 unspecified atom stereocenters. The van der Waals surface area contributed by atoms with E-state index < -0.39 is 6.10 Å². The number of aliphatic hydroxyl groups excluding tert-OH is 1. The fourth-order valence-electron chi connectivity index (χ4n) is 2.11. The first-order valence-corrected chi connectivity index (χ1v) is 7.03. The maximum atomic E-state index is 9.79. The maximum absolute atomic E-state index is 9.79. The lowest BCUT2D eigenvalue weighted by Gasteiger charge is -2.17. The van der Waals surface area contributed by atoms with Crippen molar-refractivity contribution in [2.45, 2.75) is 39.2 Å². The molecule has 0 spiro atoms. The predicted molar refractivity (Wildman–Crippen MR) is 80.1 cm³/mol. The Morgan fingerprint density at radius 1 is 1.10 bits per heavy atom. The van der Waals surface area contributed by atoms with Gasteiger partial charge < -0.3 is 9.84 Å².